The molecular formula is C13H10BrClF2S. The van der Waals surface area contributed by atoms with E-state index in [0.29, 0.717) is 12.0 Å². The van der Waals surface area contributed by atoms with Gasteiger partial charge in [0, 0.05) is 4.88 Å². The van der Waals surface area contributed by atoms with Crippen molar-refractivity contribution >= 4 is 38.9 Å². The molecule has 0 aliphatic carbocycles. The fraction of sp³-hybridized carbons (Fsp3) is 0.231. The van der Waals surface area contributed by atoms with Gasteiger partial charge in [-0.3, -0.25) is 0 Å². The molecule has 0 radical (unpaired) electrons. The summed E-state index contributed by atoms with van der Waals surface area (Å²) in [6.45, 7) is 1.92. The van der Waals surface area contributed by atoms with Crippen LogP contribution in [0.25, 0.3) is 0 Å². The number of benzene rings is 1. The second-order valence-electron chi connectivity index (χ2n) is 3.99. The maximum Gasteiger partial charge on any atom is 0.162 e. The molecule has 0 saturated carbocycles. The maximum absolute atomic E-state index is 13.5. The predicted octanol–water partition coefficient (Wildman–Crippen LogP) is 5.67. The summed E-state index contributed by atoms with van der Waals surface area (Å²) >= 11 is 10.9. The monoisotopic (exact) mass is 350 g/mol. The second kappa shape index (κ2) is 5.68. The van der Waals surface area contributed by atoms with E-state index in [1.807, 2.05) is 13.0 Å². The molecule has 0 aliphatic rings. The van der Waals surface area contributed by atoms with Gasteiger partial charge in [0.1, 0.15) is 0 Å². The fourth-order valence-corrected chi connectivity index (χ4v) is 3.59. The van der Waals surface area contributed by atoms with Crippen LogP contribution < -0.4 is 0 Å². The van der Waals surface area contributed by atoms with Crippen LogP contribution in [0, 0.1) is 18.6 Å². The van der Waals surface area contributed by atoms with Gasteiger partial charge in [0.2, 0.25) is 0 Å². The Morgan fingerprint density at radius 3 is 2.72 bits per heavy atom. The first kappa shape index (κ1) is 14.0. The summed E-state index contributed by atoms with van der Waals surface area (Å²) in [5.74, 6) is -1.59. The standard InChI is InChI=1S/C13H10BrClF2S/c1-7-5-11(18-13(7)15)9(14)6-8-3-2-4-10(16)12(8)17/h2-5,9H,6H2,1H3. The van der Waals surface area contributed by atoms with Crippen molar-refractivity contribution in [1.82, 2.24) is 0 Å². The van der Waals surface area contributed by atoms with E-state index in [1.165, 1.54) is 17.4 Å². The summed E-state index contributed by atoms with van der Waals surface area (Å²) in [5.41, 5.74) is 1.36. The van der Waals surface area contributed by atoms with Crippen LogP contribution in [-0.4, -0.2) is 0 Å². The van der Waals surface area contributed by atoms with Gasteiger partial charge in [-0.25, -0.2) is 8.78 Å². The van der Waals surface area contributed by atoms with E-state index in [0.717, 1.165) is 20.8 Å². The van der Waals surface area contributed by atoms with Crippen LogP contribution in [0.5, 0.6) is 0 Å². The van der Waals surface area contributed by atoms with Crippen LogP contribution in [-0.2, 0) is 6.42 Å². The molecule has 2 aromatic rings. The van der Waals surface area contributed by atoms with Gasteiger partial charge < -0.3 is 0 Å². The Kier molecular flexibility index (Phi) is 4.41. The molecule has 96 valence electrons. The molecule has 2 rings (SSSR count). The molecule has 0 fully saturated rings. The Morgan fingerprint density at radius 2 is 2.11 bits per heavy atom. The lowest BCUT2D eigenvalue weighted by Gasteiger charge is -2.08. The van der Waals surface area contributed by atoms with E-state index in [-0.39, 0.29) is 4.83 Å². The number of hydrogen-bond acceptors (Lipinski definition) is 1. The van der Waals surface area contributed by atoms with E-state index in [4.69, 9.17) is 11.6 Å². The highest BCUT2D eigenvalue weighted by Crippen LogP contribution is 2.37. The van der Waals surface area contributed by atoms with Crippen LogP contribution in [0.1, 0.15) is 20.8 Å². The van der Waals surface area contributed by atoms with Gasteiger partial charge in [-0.05, 0) is 36.6 Å². The van der Waals surface area contributed by atoms with Gasteiger partial charge in [-0.15, -0.1) is 11.3 Å². The predicted molar refractivity (Wildman–Crippen MR) is 75.8 cm³/mol. The number of rotatable bonds is 3. The molecule has 0 bridgehead atoms. The Balaban J connectivity index is 2.21. The third kappa shape index (κ3) is 2.92. The molecule has 0 saturated heterocycles. The number of halogens is 4. The second-order valence-corrected chi connectivity index (χ2v) is 6.78. The minimum atomic E-state index is -0.812. The van der Waals surface area contributed by atoms with Crippen molar-refractivity contribution in [3.63, 3.8) is 0 Å². The molecule has 0 N–H and O–H groups in total. The molecule has 1 atom stereocenters. The lowest BCUT2D eigenvalue weighted by molar-refractivity contribution is 0.498. The highest BCUT2D eigenvalue weighted by molar-refractivity contribution is 9.09. The van der Waals surface area contributed by atoms with E-state index in [9.17, 15) is 8.78 Å². The van der Waals surface area contributed by atoms with Gasteiger partial charge in [0.25, 0.3) is 0 Å². The summed E-state index contributed by atoms with van der Waals surface area (Å²) < 4.78 is 27.4. The fourth-order valence-electron chi connectivity index (χ4n) is 1.64. The average molecular weight is 352 g/mol. The largest absolute Gasteiger partial charge is 0.204 e. The quantitative estimate of drug-likeness (QED) is 0.625. The smallest absolute Gasteiger partial charge is 0.162 e. The minimum Gasteiger partial charge on any atom is -0.204 e. The van der Waals surface area contributed by atoms with Gasteiger partial charge in [-0.2, -0.15) is 0 Å². The Bertz CT molecular complexity index is 549. The van der Waals surface area contributed by atoms with Gasteiger partial charge in [0.15, 0.2) is 11.6 Å². The van der Waals surface area contributed by atoms with Gasteiger partial charge in [0.05, 0.1) is 9.16 Å². The van der Waals surface area contributed by atoms with Crippen molar-refractivity contribution in [1.29, 1.82) is 0 Å². The minimum absolute atomic E-state index is 0.0648. The van der Waals surface area contributed by atoms with Crippen molar-refractivity contribution in [3.8, 4) is 0 Å². The summed E-state index contributed by atoms with van der Waals surface area (Å²) in [4.78, 5) is 0.950. The lowest BCUT2D eigenvalue weighted by Crippen LogP contribution is -1.98. The molecule has 0 amide bonds. The zero-order valence-electron chi connectivity index (χ0n) is 9.51. The Labute approximate surface area is 122 Å². The van der Waals surface area contributed by atoms with Crippen molar-refractivity contribution in [2.24, 2.45) is 0 Å². The van der Waals surface area contributed by atoms with Crippen LogP contribution in [0.3, 0.4) is 0 Å². The highest BCUT2D eigenvalue weighted by atomic mass is 79.9. The van der Waals surface area contributed by atoms with Crippen LogP contribution >= 0.6 is 38.9 Å². The van der Waals surface area contributed by atoms with Crippen LogP contribution in [0.2, 0.25) is 4.34 Å². The number of alkyl halides is 1. The number of thiophene rings is 1. The summed E-state index contributed by atoms with van der Waals surface area (Å²) in [6.07, 6.45) is 0.389. The topological polar surface area (TPSA) is 0 Å². The molecular weight excluding hydrogens is 342 g/mol. The molecule has 1 aromatic heterocycles. The molecule has 1 unspecified atom stereocenters. The Hall–Kier alpha value is -0.450. The first-order chi connectivity index (χ1) is 8.49. The van der Waals surface area contributed by atoms with Crippen molar-refractivity contribution in [2.75, 3.05) is 0 Å². The van der Waals surface area contributed by atoms with Gasteiger partial charge in [-0.1, -0.05) is 39.7 Å². The number of aryl methyl sites for hydroxylation is 1. The third-order valence-electron chi connectivity index (χ3n) is 2.62. The maximum atomic E-state index is 13.5. The van der Waals surface area contributed by atoms with Crippen LogP contribution in [0.15, 0.2) is 24.3 Å². The molecule has 5 heteroatoms. The van der Waals surface area contributed by atoms with Crippen molar-refractivity contribution in [2.45, 2.75) is 18.2 Å². The third-order valence-corrected chi connectivity index (χ3v) is 5.40. The summed E-state index contributed by atoms with van der Waals surface area (Å²) in [5, 5.41) is 0. The molecule has 0 spiro atoms. The molecule has 0 aliphatic heterocycles. The normalized spacial score (nSPS) is 12.7. The van der Waals surface area contributed by atoms with Crippen molar-refractivity contribution in [3.05, 3.63) is 56.2 Å². The first-order valence-corrected chi connectivity index (χ1v) is 7.43. The Morgan fingerprint density at radius 1 is 1.39 bits per heavy atom. The van der Waals surface area contributed by atoms with E-state index in [1.54, 1.807) is 6.07 Å². The number of hydrogen-bond donors (Lipinski definition) is 0. The summed E-state index contributed by atoms with van der Waals surface area (Å²) in [7, 11) is 0. The van der Waals surface area contributed by atoms with E-state index in [2.05, 4.69) is 15.9 Å². The zero-order chi connectivity index (χ0) is 13.3. The van der Waals surface area contributed by atoms with E-state index < -0.39 is 11.6 Å². The molecule has 0 nitrogen and oxygen atoms in total. The molecule has 1 aromatic carbocycles. The highest BCUT2D eigenvalue weighted by Gasteiger charge is 2.16. The lowest BCUT2D eigenvalue weighted by atomic mass is 10.1. The zero-order valence-corrected chi connectivity index (χ0v) is 12.7. The summed E-state index contributed by atoms with van der Waals surface area (Å²) in [6, 6.07) is 6.19. The SMILES string of the molecule is Cc1cc(C(Br)Cc2cccc(F)c2F)sc1Cl. The van der Waals surface area contributed by atoms with Crippen molar-refractivity contribution < 1.29 is 8.78 Å². The molecule has 18 heavy (non-hydrogen) atoms. The van der Waals surface area contributed by atoms with Gasteiger partial charge >= 0.3 is 0 Å². The van der Waals surface area contributed by atoms with Crippen LogP contribution in [0.4, 0.5) is 8.78 Å². The average Bonchev–Trinajstić information content (AvgIpc) is 2.66. The first-order valence-electron chi connectivity index (χ1n) is 5.32. The molecule has 1 heterocycles. The van der Waals surface area contributed by atoms with E-state index >= 15 is 0 Å².